The Morgan fingerprint density at radius 2 is 0.649 bits per heavy atom. The average molecular weight is 727 g/mol. The Morgan fingerprint density at radius 1 is 0.228 bits per heavy atom. The lowest BCUT2D eigenvalue weighted by atomic mass is 9.85. The SMILES string of the molecule is c1ccc2c(c1)oc1ccc(-c3c4ccccc4c(-c4ccc(-c5cc6oc7cc8c(cc7c6c6ccccc56)oc5ccccc58)cc4)c4ccccc34)cc12. The molecule has 57 heavy (non-hydrogen) atoms. The highest BCUT2D eigenvalue weighted by atomic mass is 16.3. The van der Waals surface area contributed by atoms with E-state index in [1.807, 2.05) is 24.3 Å². The van der Waals surface area contributed by atoms with Gasteiger partial charge < -0.3 is 13.3 Å². The van der Waals surface area contributed by atoms with Gasteiger partial charge in [-0.05, 0) is 108 Å². The van der Waals surface area contributed by atoms with Crippen molar-refractivity contribution >= 4 is 98.1 Å². The van der Waals surface area contributed by atoms with Gasteiger partial charge in [-0.15, -0.1) is 0 Å². The summed E-state index contributed by atoms with van der Waals surface area (Å²) < 4.78 is 19.2. The van der Waals surface area contributed by atoms with E-state index in [2.05, 4.69) is 158 Å². The molecule has 0 saturated heterocycles. The molecule has 3 aromatic heterocycles. The van der Waals surface area contributed by atoms with E-state index in [0.29, 0.717) is 0 Å². The molecule has 0 aliphatic rings. The van der Waals surface area contributed by atoms with Crippen LogP contribution < -0.4 is 0 Å². The fourth-order valence-corrected chi connectivity index (χ4v) is 9.55. The molecular formula is C54H30O3. The molecule has 3 nitrogen and oxygen atoms in total. The van der Waals surface area contributed by atoms with Crippen LogP contribution in [0.2, 0.25) is 0 Å². The van der Waals surface area contributed by atoms with E-state index in [4.69, 9.17) is 13.3 Å². The molecule has 0 aliphatic carbocycles. The summed E-state index contributed by atoms with van der Waals surface area (Å²) in [5.74, 6) is 0. The smallest absolute Gasteiger partial charge is 0.136 e. The molecule has 0 N–H and O–H groups in total. The number of furan rings is 3. The van der Waals surface area contributed by atoms with Gasteiger partial charge in [-0.25, -0.2) is 0 Å². The second kappa shape index (κ2) is 11.5. The van der Waals surface area contributed by atoms with Gasteiger partial charge >= 0.3 is 0 Å². The van der Waals surface area contributed by atoms with Gasteiger partial charge in [-0.2, -0.15) is 0 Å². The Labute approximate surface area is 325 Å². The summed E-state index contributed by atoms with van der Waals surface area (Å²) >= 11 is 0. The number of hydrogen-bond acceptors (Lipinski definition) is 3. The van der Waals surface area contributed by atoms with Gasteiger partial charge in [0, 0.05) is 32.3 Å². The van der Waals surface area contributed by atoms with E-state index in [-0.39, 0.29) is 0 Å². The van der Waals surface area contributed by atoms with E-state index in [0.717, 1.165) is 82.3 Å². The van der Waals surface area contributed by atoms with Crippen LogP contribution in [-0.4, -0.2) is 0 Å². The van der Waals surface area contributed by atoms with Crippen molar-refractivity contribution in [2.24, 2.45) is 0 Å². The molecule has 0 atom stereocenters. The Kier molecular flexibility index (Phi) is 6.16. The summed E-state index contributed by atoms with van der Waals surface area (Å²) in [6.45, 7) is 0. The van der Waals surface area contributed by atoms with Crippen molar-refractivity contribution < 1.29 is 13.3 Å². The lowest BCUT2D eigenvalue weighted by Gasteiger charge is -2.18. The lowest BCUT2D eigenvalue weighted by molar-refractivity contribution is 0.664. The molecule has 13 rings (SSSR count). The van der Waals surface area contributed by atoms with Gasteiger partial charge in [0.05, 0.1) is 0 Å². The molecular weight excluding hydrogens is 697 g/mol. The quantitative estimate of drug-likeness (QED) is 0.170. The number of benzene rings is 10. The van der Waals surface area contributed by atoms with E-state index in [9.17, 15) is 0 Å². The highest BCUT2D eigenvalue weighted by Gasteiger charge is 2.20. The van der Waals surface area contributed by atoms with Gasteiger partial charge in [-0.1, -0.05) is 140 Å². The fraction of sp³-hybridized carbons (Fsp3) is 0. The molecule has 0 spiro atoms. The highest BCUT2D eigenvalue weighted by molar-refractivity contribution is 6.25. The van der Waals surface area contributed by atoms with Crippen molar-refractivity contribution in [2.45, 2.75) is 0 Å². The molecule has 0 unspecified atom stereocenters. The third-order valence-electron chi connectivity index (χ3n) is 12.1. The van der Waals surface area contributed by atoms with Crippen molar-refractivity contribution in [2.75, 3.05) is 0 Å². The predicted molar refractivity (Wildman–Crippen MR) is 237 cm³/mol. The predicted octanol–water partition coefficient (Wildman–Crippen LogP) is 15.8. The van der Waals surface area contributed by atoms with Crippen LogP contribution in [-0.2, 0) is 0 Å². The minimum absolute atomic E-state index is 0.863. The number of hydrogen-bond donors (Lipinski definition) is 0. The van der Waals surface area contributed by atoms with Crippen molar-refractivity contribution in [3.63, 3.8) is 0 Å². The number of rotatable bonds is 3. The topological polar surface area (TPSA) is 39.4 Å². The Morgan fingerprint density at radius 3 is 1.30 bits per heavy atom. The van der Waals surface area contributed by atoms with Gasteiger partial charge in [0.15, 0.2) is 0 Å². The summed E-state index contributed by atoms with van der Waals surface area (Å²) in [6, 6.07) is 65.0. The van der Waals surface area contributed by atoms with Gasteiger partial charge in [0.1, 0.15) is 33.5 Å². The zero-order chi connectivity index (χ0) is 37.2. The molecule has 0 fully saturated rings. The molecule has 3 heteroatoms. The normalized spacial score (nSPS) is 12.2. The minimum Gasteiger partial charge on any atom is -0.456 e. The largest absolute Gasteiger partial charge is 0.456 e. The van der Waals surface area contributed by atoms with Crippen LogP contribution in [0.5, 0.6) is 0 Å². The van der Waals surface area contributed by atoms with Crippen molar-refractivity contribution in [1.29, 1.82) is 0 Å². The third kappa shape index (κ3) is 4.37. The van der Waals surface area contributed by atoms with E-state index < -0.39 is 0 Å². The lowest BCUT2D eigenvalue weighted by Crippen LogP contribution is -1.91. The molecule has 10 aromatic carbocycles. The summed E-state index contributed by atoms with van der Waals surface area (Å²) in [6.07, 6.45) is 0. The highest BCUT2D eigenvalue weighted by Crippen LogP contribution is 2.46. The van der Waals surface area contributed by atoms with Crippen molar-refractivity contribution in [3.05, 3.63) is 182 Å². The molecule has 0 saturated carbocycles. The second-order valence-electron chi connectivity index (χ2n) is 15.1. The van der Waals surface area contributed by atoms with Gasteiger partial charge in [0.25, 0.3) is 0 Å². The molecule has 0 bridgehead atoms. The number of fused-ring (bicyclic) bond motifs is 13. The maximum Gasteiger partial charge on any atom is 0.136 e. The first kappa shape index (κ1) is 30.7. The molecule has 0 amide bonds. The summed E-state index contributed by atoms with van der Waals surface area (Å²) in [7, 11) is 0. The van der Waals surface area contributed by atoms with Crippen LogP contribution in [0.4, 0.5) is 0 Å². The summed E-state index contributed by atoms with van der Waals surface area (Å²) in [4.78, 5) is 0. The molecule has 0 aliphatic heterocycles. The minimum atomic E-state index is 0.863. The maximum atomic E-state index is 6.68. The maximum absolute atomic E-state index is 6.68. The first-order chi connectivity index (χ1) is 28.2. The fourth-order valence-electron chi connectivity index (χ4n) is 9.55. The van der Waals surface area contributed by atoms with Crippen LogP contribution >= 0.6 is 0 Å². The van der Waals surface area contributed by atoms with E-state index in [1.54, 1.807) is 0 Å². The molecule has 0 radical (unpaired) electrons. The molecule has 264 valence electrons. The van der Waals surface area contributed by atoms with Gasteiger partial charge in [-0.3, -0.25) is 0 Å². The average Bonchev–Trinajstić information content (AvgIpc) is 3.95. The van der Waals surface area contributed by atoms with Crippen molar-refractivity contribution in [3.8, 4) is 33.4 Å². The Balaban J connectivity index is 0.984. The van der Waals surface area contributed by atoms with Crippen LogP contribution in [0.1, 0.15) is 0 Å². The monoisotopic (exact) mass is 726 g/mol. The zero-order valence-electron chi connectivity index (χ0n) is 30.5. The van der Waals surface area contributed by atoms with Crippen LogP contribution in [0, 0.1) is 0 Å². The second-order valence-corrected chi connectivity index (χ2v) is 15.1. The Hall–Kier alpha value is -7.62. The Bertz CT molecular complexity index is 3740. The molecule has 13 aromatic rings. The van der Waals surface area contributed by atoms with Crippen LogP contribution in [0.3, 0.4) is 0 Å². The first-order valence-corrected chi connectivity index (χ1v) is 19.4. The van der Waals surface area contributed by atoms with Crippen molar-refractivity contribution in [1.82, 2.24) is 0 Å². The third-order valence-corrected chi connectivity index (χ3v) is 12.1. The first-order valence-electron chi connectivity index (χ1n) is 19.4. The van der Waals surface area contributed by atoms with Gasteiger partial charge in [0.2, 0.25) is 0 Å². The molecule has 3 heterocycles. The van der Waals surface area contributed by atoms with E-state index in [1.165, 1.54) is 49.2 Å². The number of para-hydroxylation sites is 2. The summed E-state index contributed by atoms with van der Waals surface area (Å²) in [5, 5.41) is 13.9. The standard InChI is InChI=1S/C54H30O3/c1-2-14-37-34(11-1)42(28-51-54(37)45-30-49-44(29-50(45)57-51)36-13-8-10-20-47(36)56-49)31-21-23-32(24-22-31)52-38-15-3-5-17-40(38)53(41-18-6-4-16-39(41)52)33-25-26-48-43(27-33)35-12-7-9-19-46(35)55-48/h1-30H. The van der Waals surface area contributed by atoms with E-state index >= 15 is 0 Å². The summed E-state index contributed by atoms with van der Waals surface area (Å²) in [5.41, 5.74) is 12.4. The van der Waals surface area contributed by atoms with Crippen LogP contribution in [0.25, 0.3) is 132 Å². The van der Waals surface area contributed by atoms with Crippen LogP contribution in [0.15, 0.2) is 195 Å². The zero-order valence-corrected chi connectivity index (χ0v) is 30.5.